The van der Waals surface area contributed by atoms with Gasteiger partial charge in [0.05, 0.1) is 12.4 Å². The Morgan fingerprint density at radius 2 is 2.10 bits per heavy atom. The Balaban J connectivity index is 1.86. The summed E-state index contributed by atoms with van der Waals surface area (Å²) in [4.78, 5) is 5.63. The largest absolute Gasteiger partial charge is 0.383 e. The topological polar surface area (TPSA) is 60.2 Å². The van der Waals surface area contributed by atoms with E-state index < -0.39 is 0 Å². The van der Waals surface area contributed by atoms with E-state index in [0.29, 0.717) is 24.7 Å². The number of nitrogens with one attached hydrogen (secondary N) is 1. The highest BCUT2D eigenvalue weighted by Gasteiger charge is 2.13. The number of thioether (sulfide) groups is 1. The van der Waals surface area contributed by atoms with Crippen LogP contribution in [0.15, 0.2) is 33.7 Å². The van der Waals surface area contributed by atoms with Gasteiger partial charge in [0.1, 0.15) is 0 Å². The molecule has 2 rings (SSSR count). The lowest BCUT2D eigenvalue weighted by molar-refractivity contribution is 0.165. The fraction of sp³-hybridized carbons (Fsp3) is 0.467. The van der Waals surface area contributed by atoms with Gasteiger partial charge in [0, 0.05) is 24.5 Å². The Morgan fingerprint density at radius 3 is 2.76 bits per heavy atom. The summed E-state index contributed by atoms with van der Waals surface area (Å²) >= 11 is 1.71. The molecule has 1 aromatic carbocycles. The summed E-state index contributed by atoms with van der Waals surface area (Å²) in [5.74, 6) is 2.08. The minimum absolute atomic E-state index is 0.188. The van der Waals surface area contributed by atoms with Gasteiger partial charge in [0.25, 0.3) is 0 Å². The zero-order valence-corrected chi connectivity index (χ0v) is 13.4. The molecule has 21 heavy (non-hydrogen) atoms. The van der Waals surface area contributed by atoms with Crippen molar-refractivity contribution < 1.29 is 9.26 Å². The fourth-order valence-corrected chi connectivity index (χ4v) is 2.61. The molecule has 1 N–H and O–H groups in total. The molecule has 0 bridgehead atoms. The van der Waals surface area contributed by atoms with Gasteiger partial charge in [-0.25, -0.2) is 0 Å². The van der Waals surface area contributed by atoms with Crippen LogP contribution in [-0.4, -0.2) is 36.9 Å². The second kappa shape index (κ2) is 8.17. The lowest BCUT2D eigenvalue weighted by Gasteiger charge is -2.11. The van der Waals surface area contributed by atoms with Crippen molar-refractivity contribution in [1.29, 1.82) is 0 Å². The Morgan fingerprint density at radius 1 is 1.33 bits per heavy atom. The highest BCUT2D eigenvalue weighted by molar-refractivity contribution is 7.98. The van der Waals surface area contributed by atoms with Crippen LogP contribution in [0.5, 0.6) is 0 Å². The van der Waals surface area contributed by atoms with Crippen LogP contribution in [-0.2, 0) is 16.9 Å². The second-order valence-electron chi connectivity index (χ2n) is 4.85. The molecule has 6 heteroatoms. The van der Waals surface area contributed by atoms with E-state index in [2.05, 4.69) is 46.6 Å². The lowest BCUT2D eigenvalue weighted by Crippen LogP contribution is -2.32. The molecule has 0 fully saturated rings. The third kappa shape index (κ3) is 5.15. The van der Waals surface area contributed by atoms with Crippen LogP contribution in [0.2, 0.25) is 0 Å². The minimum Gasteiger partial charge on any atom is -0.383 e. The fourth-order valence-electron chi connectivity index (χ4n) is 1.87. The van der Waals surface area contributed by atoms with Crippen LogP contribution >= 0.6 is 11.8 Å². The highest BCUT2D eigenvalue weighted by atomic mass is 32.2. The van der Waals surface area contributed by atoms with Crippen LogP contribution in [0.4, 0.5) is 0 Å². The molecule has 1 heterocycles. The van der Waals surface area contributed by atoms with E-state index in [0.717, 1.165) is 5.82 Å². The second-order valence-corrected chi connectivity index (χ2v) is 5.90. The minimum atomic E-state index is 0.188. The first-order chi connectivity index (χ1) is 10.2. The first kappa shape index (κ1) is 16.0. The summed E-state index contributed by atoms with van der Waals surface area (Å²) in [6, 6.07) is 8.61. The SMILES string of the molecule is CNC(COC)Cc1nc(CSc2ccc(C)cc2)no1. The number of likely N-dealkylation sites (N-methyl/N-ethyl adjacent to an activating group) is 1. The zero-order valence-electron chi connectivity index (χ0n) is 12.6. The maximum absolute atomic E-state index is 5.28. The third-order valence-electron chi connectivity index (χ3n) is 3.10. The standard InChI is InChI=1S/C15H21N3O2S/c1-11-4-6-13(7-5-11)21-10-14-17-15(20-18-14)8-12(16-2)9-19-3/h4-7,12,16H,8-10H2,1-3H3. The van der Waals surface area contributed by atoms with E-state index in [4.69, 9.17) is 9.26 Å². The normalized spacial score (nSPS) is 12.5. The first-order valence-corrected chi connectivity index (χ1v) is 7.87. The molecule has 0 aliphatic rings. The van der Waals surface area contributed by atoms with Crippen molar-refractivity contribution >= 4 is 11.8 Å². The Hall–Kier alpha value is -1.37. The zero-order chi connectivity index (χ0) is 15.1. The van der Waals surface area contributed by atoms with Gasteiger partial charge in [0.2, 0.25) is 5.89 Å². The van der Waals surface area contributed by atoms with Gasteiger partial charge in [-0.2, -0.15) is 4.98 Å². The molecule has 1 aromatic heterocycles. The first-order valence-electron chi connectivity index (χ1n) is 6.88. The number of nitrogens with zero attached hydrogens (tertiary/aromatic N) is 2. The van der Waals surface area contributed by atoms with Crippen molar-refractivity contribution in [3.05, 3.63) is 41.5 Å². The molecule has 5 nitrogen and oxygen atoms in total. The number of methoxy groups -OCH3 is 1. The highest BCUT2D eigenvalue weighted by Crippen LogP contribution is 2.21. The summed E-state index contributed by atoms with van der Waals surface area (Å²) in [7, 11) is 3.58. The number of aryl methyl sites for hydroxylation is 1. The molecule has 0 aliphatic heterocycles. The molecule has 0 aliphatic carbocycles. The molecule has 0 amide bonds. The van der Waals surface area contributed by atoms with Gasteiger partial charge >= 0.3 is 0 Å². The van der Waals surface area contributed by atoms with Crippen LogP contribution in [0.3, 0.4) is 0 Å². The summed E-state index contributed by atoms with van der Waals surface area (Å²) in [6.07, 6.45) is 0.673. The number of ether oxygens (including phenoxy) is 1. The monoisotopic (exact) mass is 307 g/mol. The van der Waals surface area contributed by atoms with Gasteiger partial charge in [-0.3, -0.25) is 0 Å². The molecular weight excluding hydrogens is 286 g/mol. The Kier molecular flexibility index (Phi) is 6.22. The smallest absolute Gasteiger partial charge is 0.228 e. The summed E-state index contributed by atoms with van der Waals surface area (Å²) in [6.45, 7) is 2.70. The van der Waals surface area contributed by atoms with Crippen molar-refractivity contribution in [2.24, 2.45) is 0 Å². The lowest BCUT2D eigenvalue weighted by atomic mass is 10.2. The van der Waals surface area contributed by atoms with Crippen LogP contribution < -0.4 is 5.32 Å². The molecule has 114 valence electrons. The Labute approximate surface area is 129 Å². The molecule has 1 unspecified atom stereocenters. The maximum Gasteiger partial charge on any atom is 0.228 e. The van der Waals surface area contributed by atoms with Crippen molar-refractivity contribution in [1.82, 2.24) is 15.5 Å². The van der Waals surface area contributed by atoms with Gasteiger partial charge in [-0.1, -0.05) is 22.9 Å². The number of hydrogen-bond acceptors (Lipinski definition) is 6. The Bertz CT molecular complexity index is 542. The van der Waals surface area contributed by atoms with Crippen molar-refractivity contribution in [2.75, 3.05) is 20.8 Å². The van der Waals surface area contributed by atoms with E-state index in [1.54, 1.807) is 18.9 Å². The van der Waals surface area contributed by atoms with Crippen LogP contribution in [0.1, 0.15) is 17.3 Å². The summed E-state index contributed by atoms with van der Waals surface area (Å²) in [5, 5.41) is 7.19. The van der Waals surface area contributed by atoms with Crippen molar-refractivity contribution in [2.45, 2.75) is 30.0 Å². The van der Waals surface area contributed by atoms with Crippen LogP contribution in [0.25, 0.3) is 0 Å². The predicted octanol–water partition coefficient (Wildman–Crippen LogP) is 2.45. The molecular formula is C15H21N3O2S. The van der Waals surface area contributed by atoms with E-state index in [-0.39, 0.29) is 6.04 Å². The molecule has 2 aromatic rings. The molecule has 0 saturated carbocycles. The molecule has 0 radical (unpaired) electrons. The number of benzene rings is 1. The molecule has 0 saturated heterocycles. The number of aromatic nitrogens is 2. The predicted molar refractivity (Wildman–Crippen MR) is 83.5 cm³/mol. The van der Waals surface area contributed by atoms with Crippen LogP contribution in [0, 0.1) is 6.92 Å². The van der Waals surface area contributed by atoms with Gasteiger partial charge in [-0.15, -0.1) is 11.8 Å². The van der Waals surface area contributed by atoms with Crippen molar-refractivity contribution in [3.63, 3.8) is 0 Å². The van der Waals surface area contributed by atoms with Gasteiger partial charge in [-0.05, 0) is 26.1 Å². The van der Waals surface area contributed by atoms with Gasteiger partial charge in [0.15, 0.2) is 5.82 Å². The quantitative estimate of drug-likeness (QED) is 0.756. The molecule has 1 atom stereocenters. The average Bonchev–Trinajstić information content (AvgIpc) is 2.94. The van der Waals surface area contributed by atoms with E-state index in [1.165, 1.54) is 10.5 Å². The maximum atomic E-state index is 5.28. The number of hydrogen-bond donors (Lipinski definition) is 1. The van der Waals surface area contributed by atoms with E-state index in [9.17, 15) is 0 Å². The molecule has 0 spiro atoms. The summed E-state index contributed by atoms with van der Waals surface area (Å²) < 4.78 is 10.4. The van der Waals surface area contributed by atoms with E-state index >= 15 is 0 Å². The van der Waals surface area contributed by atoms with Crippen molar-refractivity contribution in [3.8, 4) is 0 Å². The average molecular weight is 307 g/mol. The van der Waals surface area contributed by atoms with Gasteiger partial charge < -0.3 is 14.6 Å². The summed E-state index contributed by atoms with van der Waals surface area (Å²) in [5.41, 5.74) is 1.26. The third-order valence-corrected chi connectivity index (χ3v) is 4.10. The van der Waals surface area contributed by atoms with E-state index in [1.807, 2.05) is 7.05 Å². The number of rotatable bonds is 8.